The molecule has 1 heterocycles. The van der Waals surface area contributed by atoms with Gasteiger partial charge in [-0.25, -0.2) is 0 Å². The van der Waals surface area contributed by atoms with E-state index >= 15 is 0 Å². The molecule has 0 unspecified atom stereocenters. The number of hydrogen-bond donors (Lipinski definition) is 1. The van der Waals surface area contributed by atoms with E-state index in [1.54, 1.807) is 36.5 Å². The van der Waals surface area contributed by atoms with E-state index in [2.05, 4.69) is 10.3 Å². The first-order valence-corrected chi connectivity index (χ1v) is 7.83. The summed E-state index contributed by atoms with van der Waals surface area (Å²) >= 11 is 0. The molecule has 1 amide bonds. The van der Waals surface area contributed by atoms with Crippen LogP contribution in [0.2, 0.25) is 0 Å². The van der Waals surface area contributed by atoms with Crippen LogP contribution in [-0.4, -0.2) is 18.0 Å². The predicted octanol–water partition coefficient (Wildman–Crippen LogP) is 3.92. The summed E-state index contributed by atoms with van der Waals surface area (Å²) < 4.78 is 10.9. The van der Waals surface area contributed by atoms with Gasteiger partial charge < -0.3 is 14.8 Å². The smallest absolute Gasteiger partial charge is 0.259 e. The number of nitrogens with zero attached hydrogens (tertiary/aromatic N) is 1. The number of methoxy groups -OCH3 is 1. The SMILES string of the molecule is COc1ccccc1C(=O)Nc1cccc(OCc2ccccn2)c1. The highest BCUT2D eigenvalue weighted by Gasteiger charge is 2.11. The van der Waals surface area contributed by atoms with Crippen molar-refractivity contribution in [3.8, 4) is 11.5 Å². The number of hydrogen-bond acceptors (Lipinski definition) is 4. The molecule has 0 radical (unpaired) electrons. The zero-order valence-corrected chi connectivity index (χ0v) is 13.8. The van der Waals surface area contributed by atoms with E-state index in [0.717, 1.165) is 5.69 Å². The molecule has 5 heteroatoms. The predicted molar refractivity (Wildman–Crippen MR) is 96.0 cm³/mol. The van der Waals surface area contributed by atoms with Crippen LogP contribution in [-0.2, 0) is 6.61 Å². The zero-order chi connectivity index (χ0) is 17.5. The molecule has 3 rings (SSSR count). The Hall–Kier alpha value is -3.34. The number of nitrogens with one attached hydrogen (secondary N) is 1. The number of carbonyl (C=O) groups is 1. The number of ether oxygens (including phenoxy) is 2. The Morgan fingerprint density at radius 2 is 1.88 bits per heavy atom. The summed E-state index contributed by atoms with van der Waals surface area (Å²) in [5, 5.41) is 2.86. The molecule has 0 atom stereocenters. The summed E-state index contributed by atoms with van der Waals surface area (Å²) in [6.07, 6.45) is 1.72. The van der Waals surface area contributed by atoms with Crippen molar-refractivity contribution < 1.29 is 14.3 Å². The molecule has 3 aromatic rings. The van der Waals surface area contributed by atoms with Gasteiger partial charge in [-0.1, -0.05) is 24.3 Å². The summed E-state index contributed by atoms with van der Waals surface area (Å²) in [5.41, 5.74) is 1.96. The molecule has 0 saturated carbocycles. The minimum Gasteiger partial charge on any atom is -0.496 e. The quantitative estimate of drug-likeness (QED) is 0.742. The van der Waals surface area contributed by atoms with Crippen molar-refractivity contribution in [1.82, 2.24) is 4.98 Å². The number of rotatable bonds is 6. The van der Waals surface area contributed by atoms with Crippen molar-refractivity contribution in [3.63, 3.8) is 0 Å². The summed E-state index contributed by atoms with van der Waals surface area (Å²) in [7, 11) is 1.54. The van der Waals surface area contributed by atoms with Crippen LogP contribution in [0.25, 0.3) is 0 Å². The highest BCUT2D eigenvalue weighted by molar-refractivity contribution is 6.06. The number of pyridine rings is 1. The zero-order valence-electron chi connectivity index (χ0n) is 13.8. The van der Waals surface area contributed by atoms with Gasteiger partial charge in [-0.2, -0.15) is 0 Å². The molecular weight excluding hydrogens is 316 g/mol. The van der Waals surface area contributed by atoms with Gasteiger partial charge >= 0.3 is 0 Å². The molecule has 25 heavy (non-hydrogen) atoms. The van der Waals surface area contributed by atoms with Crippen molar-refractivity contribution in [1.29, 1.82) is 0 Å². The monoisotopic (exact) mass is 334 g/mol. The van der Waals surface area contributed by atoms with E-state index in [9.17, 15) is 4.79 Å². The van der Waals surface area contributed by atoms with Crippen LogP contribution in [0.5, 0.6) is 11.5 Å². The van der Waals surface area contributed by atoms with Crippen molar-refractivity contribution in [2.45, 2.75) is 6.61 Å². The van der Waals surface area contributed by atoms with Crippen LogP contribution in [0.1, 0.15) is 16.1 Å². The number of anilines is 1. The fourth-order valence-electron chi connectivity index (χ4n) is 2.34. The van der Waals surface area contributed by atoms with Gasteiger partial charge in [0.1, 0.15) is 18.1 Å². The fourth-order valence-corrected chi connectivity index (χ4v) is 2.34. The molecule has 0 saturated heterocycles. The van der Waals surface area contributed by atoms with Gasteiger partial charge in [0.15, 0.2) is 0 Å². The maximum atomic E-state index is 12.4. The number of carbonyl (C=O) groups excluding carboxylic acids is 1. The number of aromatic nitrogens is 1. The Morgan fingerprint density at radius 1 is 1.04 bits per heavy atom. The summed E-state index contributed by atoms with van der Waals surface area (Å²) in [6.45, 7) is 0.366. The molecule has 126 valence electrons. The van der Waals surface area contributed by atoms with Crippen LogP contribution in [0.4, 0.5) is 5.69 Å². The molecule has 1 aromatic heterocycles. The molecule has 0 spiro atoms. The summed E-state index contributed by atoms with van der Waals surface area (Å²) in [5.74, 6) is 0.949. The first-order chi connectivity index (χ1) is 12.3. The lowest BCUT2D eigenvalue weighted by Crippen LogP contribution is -2.13. The standard InChI is InChI=1S/C20H18N2O3/c1-24-19-11-3-2-10-18(19)20(23)22-15-8-6-9-17(13-15)25-14-16-7-4-5-12-21-16/h2-13H,14H2,1H3,(H,22,23). The van der Waals surface area contributed by atoms with Gasteiger partial charge in [0.05, 0.1) is 18.4 Å². The molecule has 2 aromatic carbocycles. The maximum absolute atomic E-state index is 12.4. The molecule has 1 N–H and O–H groups in total. The topological polar surface area (TPSA) is 60.5 Å². The van der Waals surface area contributed by atoms with Crippen LogP contribution in [0.3, 0.4) is 0 Å². The largest absolute Gasteiger partial charge is 0.496 e. The van der Waals surface area contributed by atoms with E-state index in [1.165, 1.54) is 7.11 Å². The molecule has 0 aliphatic heterocycles. The first kappa shape index (κ1) is 16.5. The lowest BCUT2D eigenvalue weighted by Gasteiger charge is -2.11. The average molecular weight is 334 g/mol. The molecule has 0 bridgehead atoms. The second-order valence-electron chi connectivity index (χ2n) is 5.29. The van der Waals surface area contributed by atoms with Gasteiger partial charge in [-0.05, 0) is 36.4 Å². The van der Waals surface area contributed by atoms with Gasteiger partial charge in [-0.3, -0.25) is 9.78 Å². The Morgan fingerprint density at radius 3 is 2.68 bits per heavy atom. The molecule has 0 aliphatic rings. The molecule has 0 fully saturated rings. The third kappa shape index (κ3) is 4.35. The van der Waals surface area contributed by atoms with Gasteiger partial charge in [0, 0.05) is 18.0 Å². The van der Waals surface area contributed by atoms with Crippen LogP contribution in [0, 0.1) is 0 Å². The number of amides is 1. The highest BCUT2D eigenvalue weighted by atomic mass is 16.5. The first-order valence-electron chi connectivity index (χ1n) is 7.83. The lowest BCUT2D eigenvalue weighted by atomic mass is 10.2. The van der Waals surface area contributed by atoms with Crippen molar-refractivity contribution in [2.75, 3.05) is 12.4 Å². The second-order valence-corrected chi connectivity index (χ2v) is 5.29. The highest BCUT2D eigenvalue weighted by Crippen LogP contribution is 2.22. The van der Waals surface area contributed by atoms with Gasteiger partial charge in [0.25, 0.3) is 5.91 Å². The Kier molecular flexibility index (Phi) is 5.26. The van der Waals surface area contributed by atoms with Crippen LogP contribution in [0.15, 0.2) is 72.9 Å². The average Bonchev–Trinajstić information content (AvgIpc) is 2.67. The van der Waals surface area contributed by atoms with E-state index < -0.39 is 0 Å². The molecular formula is C20H18N2O3. The maximum Gasteiger partial charge on any atom is 0.259 e. The van der Waals surface area contributed by atoms with E-state index in [0.29, 0.717) is 29.4 Å². The summed E-state index contributed by atoms with van der Waals surface area (Å²) in [6, 6.07) is 20.0. The van der Waals surface area contributed by atoms with Crippen molar-refractivity contribution >= 4 is 11.6 Å². The molecule has 5 nitrogen and oxygen atoms in total. The third-order valence-electron chi connectivity index (χ3n) is 3.56. The van der Waals surface area contributed by atoms with Crippen LogP contribution < -0.4 is 14.8 Å². The van der Waals surface area contributed by atoms with E-state index in [1.807, 2.05) is 36.4 Å². The summed E-state index contributed by atoms with van der Waals surface area (Å²) in [4.78, 5) is 16.7. The van der Waals surface area contributed by atoms with E-state index in [4.69, 9.17) is 9.47 Å². The number of benzene rings is 2. The Balaban J connectivity index is 1.68. The van der Waals surface area contributed by atoms with Crippen LogP contribution >= 0.6 is 0 Å². The van der Waals surface area contributed by atoms with Gasteiger partial charge in [-0.15, -0.1) is 0 Å². The Bertz CT molecular complexity index is 850. The lowest BCUT2D eigenvalue weighted by molar-refractivity contribution is 0.102. The van der Waals surface area contributed by atoms with E-state index in [-0.39, 0.29) is 5.91 Å². The minimum atomic E-state index is -0.237. The number of para-hydroxylation sites is 1. The normalized spacial score (nSPS) is 10.1. The second kappa shape index (κ2) is 7.97. The van der Waals surface area contributed by atoms with Crippen molar-refractivity contribution in [3.05, 3.63) is 84.2 Å². The van der Waals surface area contributed by atoms with Gasteiger partial charge in [0.2, 0.25) is 0 Å². The Labute approximate surface area is 146 Å². The molecule has 0 aliphatic carbocycles. The third-order valence-corrected chi connectivity index (χ3v) is 3.56. The van der Waals surface area contributed by atoms with Crippen molar-refractivity contribution in [2.24, 2.45) is 0 Å². The fraction of sp³-hybridized carbons (Fsp3) is 0.100. The minimum absolute atomic E-state index is 0.237.